The first kappa shape index (κ1) is 22.4. The molecule has 3 rings (SSSR count). The van der Waals surface area contributed by atoms with Crippen LogP contribution in [0.15, 0.2) is 65.6 Å². The minimum absolute atomic E-state index is 0.107. The Morgan fingerprint density at radius 2 is 1.45 bits per heavy atom. The van der Waals surface area contributed by atoms with Crippen molar-refractivity contribution in [3.8, 4) is 5.75 Å². The van der Waals surface area contributed by atoms with Crippen LogP contribution in [-0.4, -0.2) is 20.9 Å². The lowest BCUT2D eigenvalue weighted by Gasteiger charge is -2.12. The second-order valence-corrected chi connectivity index (χ2v) is 9.22. The van der Waals surface area contributed by atoms with Gasteiger partial charge < -0.3 is 10.1 Å². The minimum atomic E-state index is -3.73. The summed E-state index contributed by atoms with van der Waals surface area (Å²) in [4.78, 5) is 12.3. The Bertz CT molecular complexity index is 1200. The number of hydrogen-bond donors (Lipinski definition) is 2. The number of rotatable bonds is 7. The summed E-state index contributed by atoms with van der Waals surface area (Å²) in [5.74, 6) is 0.332. The molecule has 0 aromatic heterocycles. The molecule has 2 N–H and O–H groups in total. The normalized spacial score (nSPS) is 11.1. The third kappa shape index (κ3) is 5.86. The van der Waals surface area contributed by atoms with Crippen molar-refractivity contribution in [2.45, 2.75) is 32.6 Å². The summed E-state index contributed by atoms with van der Waals surface area (Å²) in [6.07, 6.45) is 0. The van der Waals surface area contributed by atoms with E-state index in [4.69, 9.17) is 4.74 Å². The van der Waals surface area contributed by atoms with Crippen molar-refractivity contribution in [2.24, 2.45) is 0 Å². The molecule has 0 radical (unpaired) electrons. The Morgan fingerprint density at radius 3 is 2.13 bits per heavy atom. The first-order valence-corrected chi connectivity index (χ1v) is 11.3. The van der Waals surface area contributed by atoms with E-state index in [1.54, 1.807) is 24.3 Å². The second-order valence-electron chi connectivity index (χ2n) is 7.53. The van der Waals surface area contributed by atoms with Crippen LogP contribution in [0.2, 0.25) is 0 Å². The van der Waals surface area contributed by atoms with Crippen molar-refractivity contribution >= 4 is 27.3 Å². The van der Waals surface area contributed by atoms with E-state index < -0.39 is 10.0 Å². The number of benzene rings is 3. The van der Waals surface area contributed by atoms with Crippen LogP contribution in [-0.2, 0) is 14.8 Å². The summed E-state index contributed by atoms with van der Waals surface area (Å²) in [6.45, 7) is 7.62. The molecule has 0 spiro atoms. The van der Waals surface area contributed by atoms with Gasteiger partial charge in [0.2, 0.25) is 0 Å². The lowest BCUT2D eigenvalue weighted by Crippen LogP contribution is -2.20. The maximum atomic E-state index is 12.6. The number of nitrogens with one attached hydrogen (secondary N) is 2. The van der Waals surface area contributed by atoms with Crippen LogP contribution in [0.1, 0.15) is 22.3 Å². The molecular formula is C24H26N2O4S. The molecule has 0 heterocycles. The molecule has 0 saturated carbocycles. The smallest absolute Gasteiger partial charge is 0.262 e. The largest absolute Gasteiger partial charge is 0.483 e. The fourth-order valence-corrected chi connectivity index (χ4v) is 3.99. The van der Waals surface area contributed by atoms with Crippen molar-refractivity contribution in [1.29, 1.82) is 0 Å². The van der Waals surface area contributed by atoms with Crippen molar-refractivity contribution in [3.05, 3.63) is 82.9 Å². The van der Waals surface area contributed by atoms with Gasteiger partial charge in [0.05, 0.1) is 4.90 Å². The molecular weight excluding hydrogens is 412 g/mol. The standard InChI is InChI=1S/C24H26N2O4S/c1-16-5-6-18(3)23(13-16)30-15-24(27)25-20-9-11-22(12-10-20)31(28,29)26-21-8-7-17(2)19(4)14-21/h5-14,26H,15H2,1-4H3,(H,25,27). The van der Waals surface area contributed by atoms with Gasteiger partial charge in [-0.1, -0.05) is 18.2 Å². The van der Waals surface area contributed by atoms with Gasteiger partial charge in [0.25, 0.3) is 15.9 Å². The summed E-state index contributed by atoms with van der Waals surface area (Å²) in [5.41, 5.74) is 5.08. The van der Waals surface area contributed by atoms with Crippen molar-refractivity contribution in [3.63, 3.8) is 0 Å². The van der Waals surface area contributed by atoms with Gasteiger partial charge in [0.1, 0.15) is 5.75 Å². The average molecular weight is 439 g/mol. The van der Waals surface area contributed by atoms with Crippen LogP contribution in [0.25, 0.3) is 0 Å². The summed E-state index contributed by atoms with van der Waals surface area (Å²) < 4.78 is 33.4. The Morgan fingerprint density at radius 1 is 0.806 bits per heavy atom. The molecule has 7 heteroatoms. The molecule has 0 aliphatic heterocycles. The molecule has 6 nitrogen and oxygen atoms in total. The molecule has 0 bridgehead atoms. The van der Waals surface area contributed by atoms with Crippen LogP contribution in [0.4, 0.5) is 11.4 Å². The lowest BCUT2D eigenvalue weighted by molar-refractivity contribution is -0.118. The number of hydrogen-bond acceptors (Lipinski definition) is 4. The van der Waals surface area contributed by atoms with Gasteiger partial charge in [-0.15, -0.1) is 0 Å². The molecule has 31 heavy (non-hydrogen) atoms. The van der Waals surface area contributed by atoms with Gasteiger partial charge >= 0.3 is 0 Å². The third-order valence-electron chi connectivity index (χ3n) is 4.91. The van der Waals surface area contributed by atoms with Gasteiger partial charge in [0.15, 0.2) is 6.61 Å². The first-order valence-electron chi connectivity index (χ1n) is 9.84. The zero-order valence-electron chi connectivity index (χ0n) is 18.0. The highest BCUT2D eigenvalue weighted by Crippen LogP contribution is 2.21. The first-order chi connectivity index (χ1) is 14.6. The third-order valence-corrected chi connectivity index (χ3v) is 6.31. The van der Waals surface area contributed by atoms with Crippen LogP contribution in [0.5, 0.6) is 5.75 Å². The van der Waals surface area contributed by atoms with Crippen LogP contribution in [0.3, 0.4) is 0 Å². The highest BCUT2D eigenvalue weighted by Gasteiger charge is 2.15. The lowest BCUT2D eigenvalue weighted by atomic mass is 10.1. The van der Waals surface area contributed by atoms with Gasteiger partial charge in [-0.25, -0.2) is 8.42 Å². The zero-order chi connectivity index (χ0) is 22.6. The SMILES string of the molecule is Cc1ccc(C)c(OCC(=O)Nc2ccc(S(=O)(=O)Nc3ccc(C)c(C)c3)cc2)c1. The van der Waals surface area contributed by atoms with Crippen molar-refractivity contribution in [1.82, 2.24) is 0 Å². The molecule has 162 valence electrons. The van der Waals surface area contributed by atoms with E-state index in [1.807, 2.05) is 52.0 Å². The monoisotopic (exact) mass is 438 g/mol. The van der Waals surface area contributed by atoms with E-state index in [1.165, 1.54) is 12.1 Å². The topological polar surface area (TPSA) is 84.5 Å². The Labute approximate surface area is 183 Å². The predicted octanol–water partition coefficient (Wildman–Crippen LogP) is 4.74. The molecule has 0 fully saturated rings. The maximum Gasteiger partial charge on any atom is 0.262 e. The van der Waals surface area contributed by atoms with E-state index in [0.29, 0.717) is 17.1 Å². The minimum Gasteiger partial charge on any atom is -0.483 e. The van der Waals surface area contributed by atoms with Crippen LogP contribution in [0, 0.1) is 27.7 Å². The molecule has 1 amide bonds. The number of carbonyl (C=O) groups excluding carboxylic acids is 1. The highest BCUT2D eigenvalue weighted by atomic mass is 32.2. The van der Waals surface area contributed by atoms with E-state index in [0.717, 1.165) is 22.3 Å². The summed E-state index contributed by atoms with van der Waals surface area (Å²) in [6, 6.07) is 17.2. The Balaban J connectivity index is 1.61. The summed E-state index contributed by atoms with van der Waals surface area (Å²) in [7, 11) is -3.73. The number of amides is 1. The fraction of sp³-hybridized carbons (Fsp3) is 0.208. The number of ether oxygens (including phenoxy) is 1. The quantitative estimate of drug-likeness (QED) is 0.558. The van der Waals surface area contributed by atoms with Crippen molar-refractivity contribution in [2.75, 3.05) is 16.6 Å². The van der Waals surface area contributed by atoms with Gasteiger partial charge in [0, 0.05) is 11.4 Å². The maximum absolute atomic E-state index is 12.6. The fourth-order valence-electron chi connectivity index (χ4n) is 2.94. The molecule has 0 aliphatic rings. The molecule has 0 atom stereocenters. The van der Waals surface area contributed by atoms with Gasteiger partial charge in [-0.3, -0.25) is 9.52 Å². The zero-order valence-corrected chi connectivity index (χ0v) is 18.8. The molecule has 3 aromatic carbocycles. The molecule has 3 aromatic rings. The van der Waals surface area contributed by atoms with Crippen LogP contribution < -0.4 is 14.8 Å². The number of anilines is 2. The molecule has 0 saturated heterocycles. The van der Waals surface area contributed by atoms with Gasteiger partial charge in [-0.05, 0) is 92.4 Å². The number of aryl methyl sites for hydroxylation is 4. The average Bonchev–Trinajstić information content (AvgIpc) is 2.71. The molecule has 0 aliphatic carbocycles. The number of sulfonamides is 1. The summed E-state index contributed by atoms with van der Waals surface area (Å²) >= 11 is 0. The van der Waals surface area contributed by atoms with E-state index in [-0.39, 0.29) is 17.4 Å². The second kappa shape index (κ2) is 9.22. The number of carbonyl (C=O) groups is 1. The highest BCUT2D eigenvalue weighted by molar-refractivity contribution is 7.92. The van der Waals surface area contributed by atoms with Crippen LogP contribution >= 0.6 is 0 Å². The Hall–Kier alpha value is -3.32. The van der Waals surface area contributed by atoms with E-state index in [9.17, 15) is 13.2 Å². The molecule has 0 unspecified atom stereocenters. The predicted molar refractivity (Wildman–Crippen MR) is 123 cm³/mol. The van der Waals surface area contributed by atoms with E-state index in [2.05, 4.69) is 10.0 Å². The van der Waals surface area contributed by atoms with Gasteiger partial charge in [-0.2, -0.15) is 0 Å². The summed E-state index contributed by atoms with van der Waals surface area (Å²) in [5, 5.41) is 2.71. The van der Waals surface area contributed by atoms with E-state index >= 15 is 0 Å². The Kier molecular flexibility index (Phi) is 6.65. The van der Waals surface area contributed by atoms with Crippen molar-refractivity contribution < 1.29 is 17.9 Å².